The Labute approximate surface area is 120 Å². The number of benzene rings is 1. The van der Waals surface area contributed by atoms with Gasteiger partial charge in [0, 0.05) is 18.8 Å². The van der Waals surface area contributed by atoms with Crippen LogP contribution in [0, 0.1) is 6.92 Å². The van der Waals surface area contributed by atoms with Gasteiger partial charge in [-0.3, -0.25) is 4.57 Å². The second-order valence-electron chi connectivity index (χ2n) is 4.79. The number of hydrogen-bond acceptors (Lipinski definition) is 3. The molecule has 4 nitrogen and oxygen atoms in total. The zero-order chi connectivity index (χ0) is 14.4. The molecule has 2 rings (SSSR count). The van der Waals surface area contributed by atoms with Crippen molar-refractivity contribution >= 4 is 5.95 Å². The van der Waals surface area contributed by atoms with Gasteiger partial charge in [0.15, 0.2) is 0 Å². The maximum absolute atomic E-state index is 5.56. The number of imidazole rings is 1. The molecule has 0 unspecified atom stereocenters. The van der Waals surface area contributed by atoms with E-state index in [1.165, 1.54) is 6.42 Å². The topological polar surface area (TPSA) is 39.1 Å². The van der Waals surface area contributed by atoms with Crippen molar-refractivity contribution in [3.63, 3.8) is 0 Å². The molecule has 1 heterocycles. The van der Waals surface area contributed by atoms with Gasteiger partial charge in [-0.15, -0.1) is 0 Å². The molecule has 0 amide bonds. The fourth-order valence-corrected chi connectivity index (χ4v) is 2.09. The smallest absolute Gasteiger partial charge is 0.207 e. The highest BCUT2D eigenvalue weighted by molar-refractivity contribution is 5.46. The maximum Gasteiger partial charge on any atom is 0.207 e. The highest BCUT2D eigenvalue weighted by Gasteiger charge is 2.07. The van der Waals surface area contributed by atoms with Gasteiger partial charge in [-0.2, -0.15) is 0 Å². The van der Waals surface area contributed by atoms with Crippen LogP contribution in [0.15, 0.2) is 30.5 Å². The molecule has 1 aromatic carbocycles. The molecular formula is C16H23N3O. The van der Waals surface area contributed by atoms with E-state index in [1.54, 1.807) is 0 Å². The summed E-state index contributed by atoms with van der Waals surface area (Å²) in [6.45, 7) is 7.80. The van der Waals surface area contributed by atoms with Crippen molar-refractivity contribution in [1.82, 2.24) is 9.55 Å². The fraction of sp³-hybridized carbons (Fsp3) is 0.438. The standard InChI is InChI=1S/C16H23N3O/c1-4-6-10-17-16-18-13(3)12-19(16)14-8-7-9-15(11-14)20-5-2/h7-9,11-12H,4-6,10H2,1-3H3,(H,17,18). The SMILES string of the molecule is CCCCNc1nc(C)cn1-c1cccc(OCC)c1. The summed E-state index contributed by atoms with van der Waals surface area (Å²) in [4.78, 5) is 4.55. The van der Waals surface area contributed by atoms with Crippen LogP contribution in [0.1, 0.15) is 32.4 Å². The van der Waals surface area contributed by atoms with Crippen molar-refractivity contribution in [1.29, 1.82) is 0 Å². The highest BCUT2D eigenvalue weighted by atomic mass is 16.5. The van der Waals surface area contributed by atoms with E-state index in [4.69, 9.17) is 4.74 Å². The van der Waals surface area contributed by atoms with E-state index in [0.29, 0.717) is 6.61 Å². The zero-order valence-corrected chi connectivity index (χ0v) is 12.5. The Kier molecular flexibility index (Phi) is 5.04. The third-order valence-corrected chi connectivity index (χ3v) is 3.05. The molecule has 0 aliphatic heterocycles. The number of unbranched alkanes of at least 4 members (excludes halogenated alkanes) is 1. The second kappa shape index (κ2) is 6.98. The van der Waals surface area contributed by atoms with Gasteiger partial charge in [-0.1, -0.05) is 19.4 Å². The lowest BCUT2D eigenvalue weighted by Gasteiger charge is -2.11. The lowest BCUT2D eigenvalue weighted by atomic mass is 10.3. The van der Waals surface area contributed by atoms with Crippen molar-refractivity contribution in [3.8, 4) is 11.4 Å². The monoisotopic (exact) mass is 273 g/mol. The summed E-state index contributed by atoms with van der Waals surface area (Å²) < 4.78 is 7.64. The number of aryl methyl sites for hydroxylation is 1. The summed E-state index contributed by atoms with van der Waals surface area (Å²) in [5.41, 5.74) is 2.07. The third kappa shape index (κ3) is 3.53. The number of nitrogens with one attached hydrogen (secondary N) is 1. The highest BCUT2D eigenvalue weighted by Crippen LogP contribution is 2.21. The average molecular weight is 273 g/mol. The van der Waals surface area contributed by atoms with Crippen LogP contribution in [0.5, 0.6) is 5.75 Å². The van der Waals surface area contributed by atoms with Crippen LogP contribution in [-0.4, -0.2) is 22.7 Å². The van der Waals surface area contributed by atoms with Gasteiger partial charge < -0.3 is 10.1 Å². The van der Waals surface area contributed by atoms with Crippen LogP contribution < -0.4 is 10.1 Å². The van der Waals surface area contributed by atoms with Gasteiger partial charge in [-0.05, 0) is 32.4 Å². The summed E-state index contributed by atoms with van der Waals surface area (Å²) in [6, 6.07) is 8.08. The first-order valence-electron chi connectivity index (χ1n) is 7.27. The Bertz CT molecular complexity index is 548. The van der Waals surface area contributed by atoms with Crippen molar-refractivity contribution < 1.29 is 4.74 Å². The molecule has 0 aliphatic carbocycles. The quantitative estimate of drug-likeness (QED) is 0.780. The van der Waals surface area contributed by atoms with Gasteiger partial charge in [0.2, 0.25) is 5.95 Å². The largest absolute Gasteiger partial charge is 0.494 e. The number of hydrogen-bond donors (Lipinski definition) is 1. The van der Waals surface area contributed by atoms with Gasteiger partial charge in [0.25, 0.3) is 0 Å². The maximum atomic E-state index is 5.56. The summed E-state index contributed by atoms with van der Waals surface area (Å²) in [6.07, 6.45) is 4.36. The fourth-order valence-electron chi connectivity index (χ4n) is 2.09. The molecule has 20 heavy (non-hydrogen) atoms. The Morgan fingerprint density at radius 3 is 2.90 bits per heavy atom. The van der Waals surface area contributed by atoms with E-state index in [9.17, 15) is 0 Å². The lowest BCUT2D eigenvalue weighted by molar-refractivity contribution is 0.340. The molecule has 108 valence electrons. The molecule has 1 N–H and O–H groups in total. The minimum atomic E-state index is 0.675. The second-order valence-corrected chi connectivity index (χ2v) is 4.79. The van der Waals surface area contributed by atoms with Gasteiger partial charge in [0.1, 0.15) is 5.75 Å². The Hall–Kier alpha value is -1.97. The van der Waals surface area contributed by atoms with E-state index in [-0.39, 0.29) is 0 Å². The van der Waals surface area contributed by atoms with Crippen LogP contribution in [0.3, 0.4) is 0 Å². The predicted octanol–water partition coefficient (Wildman–Crippen LogP) is 3.79. The molecule has 0 atom stereocenters. The average Bonchev–Trinajstić information content (AvgIpc) is 2.81. The molecule has 0 saturated carbocycles. The first-order valence-corrected chi connectivity index (χ1v) is 7.27. The first-order chi connectivity index (χ1) is 9.74. The summed E-state index contributed by atoms with van der Waals surface area (Å²) in [7, 11) is 0. The number of ether oxygens (including phenoxy) is 1. The molecule has 0 aliphatic rings. The summed E-state index contributed by atoms with van der Waals surface area (Å²) >= 11 is 0. The van der Waals surface area contributed by atoms with E-state index in [2.05, 4.69) is 27.9 Å². The van der Waals surface area contributed by atoms with Crippen molar-refractivity contribution in [2.24, 2.45) is 0 Å². The molecule has 0 bridgehead atoms. The molecule has 2 aromatic rings. The van der Waals surface area contributed by atoms with Crippen LogP contribution >= 0.6 is 0 Å². The minimum Gasteiger partial charge on any atom is -0.494 e. The van der Waals surface area contributed by atoms with Gasteiger partial charge in [-0.25, -0.2) is 4.98 Å². The normalized spacial score (nSPS) is 10.6. The number of rotatable bonds is 7. The molecule has 1 aromatic heterocycles. The van der Waals surface area contributed by atoms with Crippen LogP contribution in [0.25, 0.3) is 5.69 Å². The molecule has 0 fully saturated rings. The van der Waals surface area contributed by atoms with Crippen LogP contribution in [0.4, 0.5) is 5.95 Å². The molecule has 0 spiro atoms. The van der Waals surface area contributed by atoms with E-state index < -0.39 is 0 Å². The molecular weight excluding hydrogens is 250 g/mol. The van der Waals surface area contributed by atoms with Gasteiger partial charge >= 0.3 is 0 Å². The predicted molar refractivity (Wildman–Crippen MR) is 82.9 cm³/mol. The Morgan fingerprint density at radius 2 is 2.15 bits per heavy atom. The third-order valence-electron chi connectivity index (χ3n) is 3.05. The lowest BCUT2D eigenvalue weighted by Crippen LogP contribution is -2.07. The summed E-state index contributed by atoms with van der Waals surface area (Å²) in [5, 5.41) is 3.40. The van der Waals surface area contributed by atoms with E-state index in [0.717, 1.165) is 36.0 Å². The van der Waals surface area contributed by atoms with Crippen LogP contribution in [0.2, 0.25) is 0 Å². The molecule has 4 heteroatoms. The van der Waals surface area contributed by atoms with Crippen molar-refractivity contribution in [2.45, 2.75) is 33.6 Å². The van der Waals surface area contributed by atoms with E-state index in [1.807, 2.05) is 38.2 Å². The van der Waals surface area contributed by atoms with Crippen LogP contribution in [-0.2, 0) is 0 Å². The van der Waals surface area contributed by atoms with Gasteiger partial charge in [0.05, 0.1) is 18.0 Å². The van der Waals surface area contributed by atoms with Crippen molar-refractivity contribution in [3.05, 3.63) is 36.2 Å². The Morgan fingerprint density at radius 1 is 1.30 bits per heavy atom. The summed E-state index contributed by atoms with van der Waals surface area (Å²) in [5.74, 6) is 1.78. The van der Waals surface area contributed by atoms with Crippen molar-refractivity contribution in [2.75, 3.05) is 18.5 Å². The number of nitrogens with zero attached hydrogens (tertiary/aromatic N) is 2. The zero-order valence-electron chi connectivity index (χ0n) is 12.5. The Balaban J connectivity index is 2.24. The minimum absolute atomic E-state index is 0.675. The molecule has 0 saturated heterocycles. The first kappa shape index (κ1) is 14.4. The molecule has 0 radical (unpaired) electrons. The number of anilines is 1. The van der Waals surface area contributed by atoms with E-state index >= 15 is 0 Å². The number of aromatic nitrogens is 2.